The second kappa shape index (κ2) is 3.22. The second-order valence-electron chi connectivity index (χ2n) is 1.99. The Morgan fingerprint density at radius 3 is 2.33 bits per heavy atom. The number of rotatable bonds is 1. The summed E-state index contributed by atoms with van der Waals surface area (Å²) in [6.07, 6.45) is 0. The molecule has 0 heterocycles. The Morgan fingerprint density at radius 1 is 1.33 bits per heavy atom. The topological polar surface area (TPSA) is 54.4 Å². The van der Waals surface area contributed by atoms with Crippen molar-refractivity contribution in [1.82, 2.24) is 0 Å². The van der Waals surface area contributed by atoms with E-state index in [0.717, 1.165) is 6.07 Å². The van der Waals surface area contributed by atoms with Gasteiger partial charge in [0.2, 0.25) is 0 Å². The first-order valence-electron chi connectivity index (χ1n) is 2.75. The fourth-order valence-corrected chi connectivity index (χ4v) is 1.75. The summed E-state index contributed by atoms with van der Waals surface area (Å²) in [5.41, 5.74) is 0. The SMILES string of the molecule is O=S(=O)(O)c1[c]c(Cl)cc(Cl)c1. The molecule has 12 heavy (non-hydrogen) atoms. The van der Waals surface area contributed by atoms with Gasteiger partial charge in [0.25, 0.3) is 10.1 Å². The van der Waals surface area contributed by atoms with E-state index in [2.05, 4.69) is 6.07 Å². The molecule has 0 amide bonds. The lowest BCUT2D eigenvalue weighted by Crippen LogP contribution is -1.97. The van der Waals surface area contributed by atoms with Crippen molar-refractivity contribution in [3.8, 4) is 0 Å². The molecule has 0 aliphatic rings. The molecule has 0 atom stereocenters. The normalized spacial score (nSPS) is 11.6. The molecule has 0 saturated carbocycles. The van der Waals surface area contributed by atoms with Gasteiger partial charge in [-0.15, -0.1) is 0 Å². The summed E-state index contributed by atoms with van der Waals surface area (Å²) < 4.78 is 29.7. The Balaban J connectivity index is 3.37. The van der Waals surface area contributed by atoms with Crippen molar-refractivity contribution >= 4 is 33.3 Å². The number of hydrogen-bond acceptors (Lipinski definition) is 2. The highest BCUT2D eigenvalue weighted by Crippen LogP contribution is 2.20. The Kier molecular flexibility index (Phi) is 2.63. The van der Waals surface area contributed by atoms with E-state index in [0.29, 0.717) is 0 Å². The highest BCUT2D eigenvalue weighted by Gasteiger charge is 2.11. The minimum absolute atomic E-state index is 0.0372. The number of benzene rings is 1. The van der Waals surface area contributed by atoms with Crippen molar-refractivity contribution < 1.29 is 13.0 Å². The molecule has 1 N–H and O–H groups in total. The third kappa shape index (κ3) is 2.35. The lowest BCUT2D eigenvalue weighted by molar-refractivity contribution is 0.483. The average Bonchev–Trinajstić information content (AvgIpc) is 1.82. The fourth-order valence-electron chi connectivity index (χ4n) is 0.617. The first-order chi connectivity index (χ1) is 5.39. The van der Waals surface area contributed by atoms with Crippen molar-refractivity contribution in [3.05, 3.63) is 28.2 Å². The van der Waals surface area contributed by atoms with E-state index in [1.807, 2.05) is 0 Å². The standard InChI is InChI=1S/C6H3Cl2O3S/c7-4-1-5(8)3-6(2-4)12(9,10)11/h1-2H,(H,9,10,11). The average molecular weight is 226 g/mol. The van der Waals surface area contributed by atoms with Gasteiger partial charge in [0, 0.05) is 11.1 Å². The minimum atomic E-state index is -4.27. The van der Waals surface area contributed by atoms with Gasteiger partial charge in [-0.05, 0) is 12.1 Å². The van der Waals surface area contributed by atoms with Crippen LogP contribution in [0.5, 0.6) is 0 Å². The molecule has 65 valence electrons. The molecule has 1 aromatic carbocycles. The van der Waals surface area contributed by atoms with Gasteiger partial charge in [-0.1, -0.05) is 23.2 Å². The van der Waals surface area contributed by atoms with Crippen molar-refractivity contribution in [2.75, 3.05) is 0 Å². The molecule has 0 saturated heterocycles. The van der Waals surface area contributed by atoms with E-state index >= 15 is 0 Å². The number of halogens is 2. The molecule has 0 fully saturated rings. The summed E-state index contributed by atoms with van der Waals surface area (Å²) >= 11 is 10.9. The zero-order valence-electron chi connectivity index (χ0n) is 5.58. The third-order valence-electron chi connectivity index (χ3n) is 1.05. The van der Waals surface area contributed by atoms with E-state index in [-0.39, 0.29) is 10.0 Å². The van der Waals surface area contributed by atoms with Gasteiger partial charge in [-0.3, -0.25) is 4.55 Å². The summed E-state index contributed by atoms with van der Waals surface area (Å²) in [6.45, 7) is 0. The third-order valence-corrected chi connectivity index (χ3v) is 2.25. The van der Waals surface area contributed by atoms with Crippen LogP contribution in [0.2, 0.25) is 10.0 Å². The molecule has 0 aliphatic carbocycles. The fraction of sp³-hybridized carbons (Fsp3) is 0. The van der Waals surface area contributed by atoms with Crippen LogP contribution in [0.1, 0.15) is 0 Å². The van der Waals surface area contributed by atoms with Gasteiger partial charge in [-0.25, -0.2) is 0 Å². The molecule has 1 radical (unpaired) electrons. The highest BCUT2D eigenvalue weighted by molar-refractivity contribution is 7.85. The molecule has 1 rings (SSSR count). The van der Waals surface area contributed by atoms with Gasteiger partial charge >= 0.3 is 0 Å². The summed E-state index contributed by atoms with van der Waals surface area (Å²) in [5, 5.41) is 0.168. The quantitative estimate of drug-likeness (QED) is 0.745. The van der Waals surface area contributed by atoms with Gasteiger partial charge in [0.15, 0.2) is 0 Å². The molecular weight excluding hydrogens is 223 g/mol. The summed E-state index contributed by atoms with van der Waals surface area (Å²) in [7, 11) is -4.27. The molecule has 0 bridgehead atoms. The monoisotopic (exact) mass is 225 g/mol. The van der Waals surface area contributed by atoms with Crippen LogP contribution < -0.4 is 0 Å². The van der Waals surface area contributed by atoms with Crippen LogP contribution in [0.15, 0.2) is 17.0 Å². The molecular formula is C6H3Cl2O3S. The van der Waals surface area contributed by atoms with Crippen molar-refractivity contribution in [1.29, 1.82) is 0 Å². The van der Waals surface area contributed by atoms with E-state index in [9.17, 15) is 8.42 Å². The van der Waals surface area contributed by atoms with Gasteiger partial charge in [0.1, 0.15) is 4.90 Å². The largest absolute Gasteiger partial charge is 0.295 e. The summed E-state index contributed by atoms with van der Waals surface area (Å²) in [6, 6.07) is 4.61. The van der Waals surface area contributed by atoms with Gasteiger partial charge in [0.05, 0.1) is 5.02 Å². The summed E-state index contributed by atoms with van der Waals surface area (Å²) in [4.78, 5) is -0.431. The molecule has 0 unspecified atom stereocenters. The van der Waals surface area contributed by atoms with Crippen LogP contribution in [-0.2, 0) is 10.1 Å². The van der Waals surface area contributed by atoms with Crippen LogP contribution in [0.25, 0.3) is 0 Å². The summed E-state index contributed by atoms with van der Waals surface area (Å²) in [5.74, 6) is 0. The van der Waals surface area contributed by atoms with E-state index in [1.54, 1.807) is 0 Å². The molecule has 6 heteroatoms. The zero-order valence-corrected chi connectivity index (χ0v) is 7.91. The first kappa shape index (κ1) is 9.80. The lowest BCUT2D eigenvalue weighted by atomic mass is 10.4. The van der Waals surface area contributed by atoms with Crippen molar-refractivity contribution in [2.45, 2.75) is 4.90 Å². The maximum Gasteiger partial charge on any atom is 0.295 e. The Hall–Kier alpha value is -0.290. The van der Waals surface area contributed by atoms with Crippen molar-refractivity contribution in [3.63, 3.8) is 0 Å². The first-order valence-corrected chi connectivity index (χ1v) is 4.95. The molecule has 1 aromatic rings. The predicted octanol–water partition coefficient (Wildman–Crippen LogP) is 2.04. The maximum atomic E-state index is 10.5. The Morgan fingerprint density at radius 2 is 1.92 bits per heavy atom. The highest BCUT2D eigenvalue weighted by atomic mass is 35.5. The van der Waals surface area contributed by atoms with Gasteiger partial charge in [-0.2, -0.15) is 8.42 Å². The van der Waals surface area contributed by atoms with E-state index in [1.165, 1.54) is 6.07 Å². The number of hydrogen-bond donors (Lipinski definition) is 1. The minimum Gasteiger partial charge on any atom is -0.282 e. The Labute approximate surface area is 79.7 Å². The van der Waals surface area contributed by atoms with Crippen LogP contribution in [0, 0.1) is 6.07 Å². The predicted molar refractivity (Wildman–Crippen MR) is 45.1 cm³/mol. The smallest absolute Gasteiger partial charge is 0.282 e. The molecule has 0 aliphatic heterocycles. The van der Waals surface area contributed by atoms with Crippen LogP contribution in [0.3, 0.4) is 0 Å². The maximum absolute atomic E-state index is 10.5. The van der Waals surface area contributed by atoms with Crippen LogP contribution in [-0.4, -0.2) is 13.0 Å². The molecule has 0 spiro atoms. The van der Waals surface area contributed by atoms with Crippen LogP contribution in [0.4, 0.5) is 0 Å². The molecule has 3 nitrogen and oxygen atoms in total. The second-order valence-corrected chi connectivity index (χ2v) is 4.22. The molecule has 0 aromatic heterocycles. The van der Waals surface area contributed by atoms with Gasteiger partial charge < -0.3 is 0 Å². The zero-order chi connectivity index (χ0) is 9.35. The van der Waals surface area contributed by atoms with Crippen molar-refractivity contribution in [2.24, 2.45) is 0 Å². The van der Waals surface area contributed by atoms with Crippen LogP contribution >= 0.6 is 23.2 Å². The van der Waals surface area contributed by atoms with E-state index < -0.39 is 15.0 Å². The van der Waals surface area contributed by atoms with E-state index in [4.69, 9.17) is 27.8 Å². The Bertz CT molecular complexity index is 379. The lowest BCUT2D eigenvalue weighted by Gasteiger charge is -1.97.